The van der Waals surface area contributed by atoms with E-state index in [0.717, 1.165) is 12.1 Å². The standard InChI is InChI=1S/C9H7FN2O5S/c10-18-5-1-2-6(7(3-5)12(16)17)9(15)11-4-8(13)14/h1-3H,4H2,(H,11,15)(H,13,14). The number of carbonyl (C=O) groups is 2. The normalized spacial score (nSPS) is 9.83. The van der Waals surface area contributed by atoms with Crippen molar-refractivity contribution in [1.29, 1.82) is 0 Å². The molecule has 7 nitrogen and oxygen atoms in total. The van der Waals surface area contributed by atoms with E-state index in [-0.39, 0.29) is 22.6 Å². The summed E-state index contributed by atoms with van der Waals surface area (Å²) in [5.74, 6) is -2.18. The van der Waals surface area contributed by atoms with Gasteiger partial charge in [0.05, 0.1) is 17.1 Å². The average molecular weight is 274 g/mol. The quantitative estimate of drug-likeness (QED) is 0.620. The highest BCUT2D eigenvalue weighted by atomic mass is 32.2. The number of carboxylic acid groups (broad SMARTS) is 1. The monoisotopic (exact) mass is 274 g/mol. The zero-order valence-electron chi connectivity index (χ0n) is 8.75. The van der Waals surface area contributed by atoms with Gasteiger partial charge in [0.2, 0.25) is 0 Å². The summed E-state index contributed by atoms with van der Waals surface area (Å²) >= 11 is -0.191. The van der Waals surface area contributed by atoms with Crippen molar-refractivity contribution >= 4 is 29.7 Å². The van der Waals surface area contributed by atoms with Gasteiger partial charge in [-0.2, -0.15) is 3.89 Å². The van der Waals surface area contributed by atoms with Crippen molar-refractivity contribution in [1.82, 2.24) is 5.32 Å². The predicted molar refractivity (Wildman–Crippen MR) is 60.0 cm³/mol. The Hall–Kier alpha value is -2.16. The van der Waals surface area contributed by atoms with E-state index < -0.39 is 29.0 Å². The fraction of sp³-hybridized carbons (Fsp3) is 0.111. The van der Waals surface area contributed by atoms with E-state index in [9.17, 15) is 23.6 Å². The molecule has 0 fully saturated rings. The Kier molecular flexibility index (Phi) is 4.60. The topological polar surface area (TPSA) is 110 Å². The van der Waals surface area contributed by atoms with Gasteiger partial charge in [-0.15, -0.1) is 0 Å². The number of nitrogens with zero attached hydrogens (tertiary/aromatic N) is 1. The highest BCUT2D eigenvalue weighted by molar-refractivity contribution is 7.94. The minimum Gasteiger partial charge on any atom is -0.480 e. The maximum Gasteiger partial charge on any atom is 0.322 e. The lowest BCUT2D eigenvalue weighted by atomic mass is 10.1. The number of carbonyl (C=O) groups excluding carboxylic acids is 1. The van der Waals surface area contributed by atoms with Gasteiger partial charge in [-0.1, -0.05) is 0 Å². The Bertz CT molecular complexity index is 508. The van der Waals surface area contributed by atoms with E-state index in [0.29, 0.717) is 0 Å². The number of nitrogens with one attached hydrogen (secondary N) is 1. The lowest BCUT2D eigenvalue weighted by Crippen LogP contribution is -2.29. The van der Waals surface area contributed by atoms with Crippen LogP contribution in [0.5, 0.6) is 0 Å². The number of benzene rings is 1. The van der Waals surface area contributed by atoms with E-state index in [1.54, 1.807) is 0 Å². The van der Waals surface area contributed by atoms with Gasteiger partial charge in [0, 0.05) is 11.0 Å². The van der Waals surface area contributed by atoms with Crippen molar-refractivity contribution in [2.24, 2.45) is 0 Å². The van der Waals surface area contributed by atoms with Gasteiger partial charge in [0.25, 0.3) is 11.6 Å². The van der Waals surface area contributed by atoms with Gasteiger partial charge in [-0.05, 0) is 12.1 Å². The first-order valence-corrected chi connectivity index (χ1v) is 5.24. The number of hydrogen-bond acceptors (Lipinski definition) is 5. The third-order valence-corrected chi connectivity index (χ3v) is 2.33. The Balaban J connectivity index is 3.03. The van der Waals surface area contributed by atoms with Crippen LogP contribution >= 0.6 is 12.1 Å². The van der Waals surface area contributed by atoms with Crippen molar-refractivity contribution in [3.63, 3.8) is 0 Å². The second-order valence-electron chi connectivity index (χ2n) is 3.09. The summed E-state index contributed by atoms with van der Waals surface area (Å²) in [6.45, 7) is -0.657. The highest BCUT2D eigenvalue weighted by Crippen LogP contribution is 2.27. The van der Waals surface area contributed by atoms with Crippen LogP contribution in [0, 0.1) is 10.1 Å². The Labute approximate surface area is 104 Å². The summed E-state index contributed by atoms with van der Waals surface area (Å²) in [7, 11) is 0. The molecule has 18 heavy (non-hydrogen) atoms. The first kappa shape index (κ1) is 13.9. The highest BCUT2D eigenvalue weighted by Gasteiger charge is 2.21. The van der Waals surface area contributed by atoms with Crippen LogP contribution in [-0.2, 0) is 4.79 Å². The number of rotatable bonds is 5. The van der Waals surface area contributed by atoms with Gasteiger partial charge in [0.15, 0.2) is 0 Å². The van der Waals surface area contributed by atoms with Crippen LogP contribution in [-0.4, -0.2) is 28.5 Å². The summed E-state index contributed by atoms with van der Waals surface area (Å²) in [6.07, 6.45) is 0. The fourth-order valence-electron chi connectivity index (χ4n) is 1.15. The maximum atomic E-state index is 12.3. The molecule has 0 aliphatic rings. The second-order valence-corrected chi connectivity index (χ2v) is 3.72. The van der Waals surface area contributed by atoms with Crippen molar-refractivity contribution in [3.05, 3.63) is 33.9 Å². The zero-order valence-corrected chi connectivity index (χ0v) is 9.57. The molecule has 1 amide bonds. The summed E-state index contributed by atoms with van der Waals surface area (Å²) in [5, 5.41) is 21.1. The van der Waals surface area contributed by atoms with Crippen LogP contribution in [0.3, 0.4) is 0 Å². The van der Waals surface area contributed by atoms with Crippen LogP contribution in [0.15, 0.2) is 23.1 Å². The first-order chi connectivity index (χ1) is 8.45. The minimum absolute atomic E-state index is 0.0171. The fourth-order valence-corrected chi connectivity index (χ4v) is 1.43. The molecule has 1 aromatic carbocycles. The summed E-state index contributed by atoms with van der Waals surface area (Å²) in [4.78, 5) is 31.6. The third-order valence-electron chi connectivity index (χ3n) is 1.90. The number of amides is 1. The van der Waals surface area contributed by atoms with Gasteiger partial charge >= 0.3 is 5.97 Å². The summed E-state index contributed by atoms with van der Waals surface area (Å²) in [6, 6.07) is 3.16. The predicted octanol–water partition coefficient (Wildman–Crippen LogP) is 1.39. The molecule has 1 rings (SSSR count). The number of aliphatic carboxylic acids is 1. The molecule has 2 N–H and O–H groups in total. The molecule has 0 saturated carbocycles. The van der Waals surface area contributed by atoms with Crippen LogP contribution in [0.4, 0.5) is 9.57 Å². The Morgan fingerprint density at radius 1 is 1.50 bits per heavy atom. The van der Waals surface area contributed by atoms with Gasteiger partial charge < -0.3 is 10.4 Å². The van der Waals surface area contributed by atoms with E-state index >= 15 is 0 Å². The molecular formula is C9H7FN2O5S. The SMILES string of the molecule is O=C(O)CNC(=O)c1ccc(SF)cc1[N+](=O)[O-]. The Morgan fingerprint density at radius 2 is 2.17 bits per heavy atom. The van der Waals surface area contributed by atoms with Crippen molar-refractivity contribution in [2.75, 3.05) is 6.54 Å². The number of halogens is 1. The van der Waals surface area contributed by atoms with E-state index in [1.807, 2.05) is 5.32 Å². The summed E-state index contributed by atoms with van der Waals surface area (Å²) in [5.41, 5.74) is -0.903. The largest absolute Gasteiger partial charge is 0.480 e. The van der Waals surface area contributed by atoms with Crippen LogP contribution in [0.1, 0.15) is 10.4 Å². The molecule has 0 aliphatic carbocycles. The molecule has 0 unspecified atom stereocenters. The van der Waals surface area contributed by atoms with Crippen LogP contribution in [0.25, 0.3) is 0 Å². The average Bonchev–Trinajstić information content (AvgIpc) is 2.34. The van der Waals surface area contributed by atoms with Crippen molar-refractivity contribution in [2.45, 2.75) is 4.90 Å². The van der Waals surface area contributed by atoms with Gasteiger partial charge in [-0.3, -0.25) is 19.7 Å². The van der Waals surface area contributed by atoms with Crippen LogP contribution in [0.2, 0.25) is 0 Å². The van der Waals surface area contributed by atoms with E-state index in [2.05, 4.69) is 0 Å². The molecule has 0 heterocycles. The molecule has 0 radical (unpaired) electrons. The molecule has 1 aromatic rings. The second kappa shape index (κ2) is 5.96. The van der Waals surface area contributed by atoms with Gasteiger partial charge in [-0.25, -0.2) is 0 Å². The number of hydrogen-bond donors (Lipinski definition) is 2. The number of carboxylic acids is 1. The van der Waals surface area contributed by atoms with E-state index in [4.69, 9.17) is 5.11 Å². The maximum absolute atomic E-state index is 12.3. The van der Waals surface area contributed by atoms with E-state index in [1.165, 1.54) is 6.07 Å². The lowest BCUT2D eigenvalue weighted by molar-refractivity contribution is -0.385. The minimum atomic E-state index is -1.28. The third kappa shape index (κ3) is 3.42. The molecule has 9 heteroatoms. The summed E-state index contributed by atoms with van der Waals surface area (Å²) < 4.78 is 12.3. The molecule has 0 bridgehead atoms. The lowest BCUT2D eigenvalue weighted by Gasteiger charge is -2.04. The molecule has 0 spiro atoms. The van der Waals surface area contributed by atoms with Crippen LogP contribution < -0.4 is 5.32 Å². The molecule has 0 saturated heterocycles. The van der Waals surface area contributed by atoms with Gasteiger partial charge in [0.1, 0.15) is 12.1 Å². The number of nitro benzene ring substituents is 1. The molecule has 0 atom stereocenters. The molecular weight excluding hydrogens is 267 g/mol. The molecule has 96 valence electrons. The number of nitro groups is 1. The Morgan fingerprint density at radius 3 is 2.67 bits per heavy atom. The van der Waals surface area contributed by atoms with Crippen molar-refractivity contribution < 1.29 is 23.5 Å². The van der Waals surface area contributed by atoms with Crippen molar-refractivity contribution in [3.8, 4) is 0 Å². The smallest absolute Gasteiger partial charge is 0.322 e. The zero-order chi connectivity index (χ0) is 13.7. The first-order valence-electron chi connectivity index (χ1n) is 4.52. The molecule has 0 aliphatic heterocycles. The molecule has 0 aromatic heterocycles.